The maximum atomic E-state index is 9.68. The first-order chi connectivity index (χ1) is 16.1. The summed E-state index contributed by atoms with van der Waals surface area (Å²) in [5.41, 5.74) is 2.04. The number of benzene rings is 2. The predicted molar refractivity (Wildman–Crippen MR) is 129 cm³/mol. The highest BCUT2D eigenvalue weighted by atomic mass is 16.5. The van der Waals surface area contributed by atoms with Gasteiger partial charge in [0.05, 0.1) is 26.4 Å². The smallest absolute Gasteiger partial charge is 0.134 e. The minimum Gasteiger partial charge on any atom is -0.497 e. The topological polar surface area (TPSA) is 84.9 Å². The molecule has 2 bridgehead atoms. The quantitative estimate of drug-likeness (QED) is 0.451. The molecule has 0 amide bonds. The fourth-order valence-corrected chi connectivity index (χ4v) is 5.41. The van der Waals surface area contributed by atoms with Crippen LogP contribution in [0.15, 0.2) is 48.7 Å². The van der Waals surface area contributed by atoms with Crippen LogP contribution in [0, 0.1) is 5.41 Å². The summed E-state index contributed by atoms with van der Waals surface area (Å²) < 4.78 is 16.6. The van der Waals surface area contributed by atoms with Crippen molar-refractivity contribution in [1.29, 1.82) is 0 Å². The molecular formula is C26H31N3O4. The third kappa shape index (κ3) is 4.07. The molecule has 2 saturated heterocycles. The Labute approximate surface area is 194 Å². The zero-order valence-corrected chi connectivity index (χ0v) is 19.2. The lowest BCUT2D eigenvalue weighted by Gasteiger charge is -2.59. The highest BCUT2D eigenvalue weighted by molar-refractivity contribution is 5.99. The van der Waals surface area contributed by atoms with Crippen LogP contribution < -0.4 is 20.1 Å². The van der Waals surface area contributed by atoms with E-state index in [1.165, 1.54) is 0 Å². The number of anilines is 2. The molecule has 3 aromatic rings. The Morgan fingerprint density at radius 2 is 1.94 bits per heavy atom. The lowest BCUT2D eigenvalue weighted by Crippen LogP contribution is -2.62. The van der Waals surface area contributed by atoms with Crippen molar-refractivity contribution in [2.75, 3.05) is 44.6 Å². The van der Waals surface area contributed by atoms with E-state index in [0.29, 0.717) is 6.54 Å². The molecule has 2 aromatic carbocycles. The second-order valence-corrected chi connectivity index (χ2v) is 9.24. The van der Waals surface area contributed by atoms with Gasteiger partial charge in [-0.1, -0.05) is 12.1 Å². The maximum Gasteiger partial charge on any atom is 0.134 e. The Morgan fingerprint density at radius 3 is 2.73 bits per heavy atom. The molecule has 3 heterocycles. The van der Waals surface area contributed by atoms with Crippen LogP contribution in [0.4, 0.5) is 11.5 Å². The number of methoxy groups -OCH3 is 2. The molecule has 1 aromatic heterocycles. The number of aromatic nitrogens is 1. The van der Waals surface area contributed by atoms with E-state index in [2.05, 4.69) is 39.9 Å². The second kappa shape index (κ2) is 8.72. The molecule has 1 saturated carbocycles. The first kappa shape index (κ1) is 21.8. The number of aliphatic hydroxyl groups is 1. The van der Waals surface area contributed by atoms with E-state index in [1.807, 2.05) is 24.4 Å². The molecular weight excluding hydrogens is 418 g/mol. The van der Waals surface area contributed by atoms with Crippen LogP contribution in [-0.4, -0.2) is 49.7 Å². The standard InChI is InChI=1S/C26H31N3O4/c1-31-19-7-6-18(23(12-19)32-2)13-28-24-21-4-3-5-22(20(21)8-10-27-24)29-16-25-9-11-33-26(14-25,15-25)17-30/h3-8,10,12,29-30H,9,11,13-17H2,1-2H3,(H,27,28). The fraction of sp³-hybridized carbons (Fsp3) is 0.423. The van der Waals surface area contributed by atoms with Crippen molar-refractivity contribution in [3.8, 4) is 11.5 Å². The Morgan fingerprint density at radius 1 is 1.06 bits per heavy atom. The van der Waals surface area contributed by atoms with Gasteiger partial charge in [0, 0.05) is 54.0 Å². The van der Waals surface area contributed by atoms with Gasteiger partial charge in [0.2, 0.25) is 0 Å². The van der Waals surface area contributed by atoms with Gasteiger partial charge in [-0.2, -0.15) is 0 Å². The number of fused-ring (bicyclic) bond motifs is 3. The van der Waals surface area contributed by atoms with Crippen molar-refractivity contribution in [2.45, 2.75) is 31.4 Å². The average molecular weight is 450 g/mol. The monoisotopic (exact) mass is 449 g/mol. The molecule has 174 valence electrons. The fourth-order valence-electron chi connectivity index (χ4n) is 5.41. The van der Waals surface area contributed by atoms with E-state index >= 15 is 0 Å². The molecule has 7 heteroatoms. The minimum atomic E-state index is -0.303. The number of pyridine rings is 1. The van der Waals surface area contributed by atoms with E-state index in [9.17, 15) is 5.11 Å². The lowest BCUT2D eigenvalue weighted by atomic mass is 9.56. The van der Waals surface area contributed by atoms with E-state index < -0.39 is 0 Å². The van der Waals surface area contributed by atoms with Gasteiger partial charge < -0.3 is 30.0 Å². The van der Waals surface area contributed by atoms with Crippen molar-refractivity contribution in [2.24, 2.45) is 5.41 Å². The van der Waals surface area contributed by atoms with Gasteiger partial charge >= 0.3 is 0 Å². The first-order valence-electron chi connectivity index (χ1n) is 11.4. The van der Waals surface area contributed by atoms with E-state index in [4.69, 9.17) is 14.2 Å². The van der Waals surface area contributed by atoms with Crippen LogP contribution in [-0.2, 0) is 11.3 Å². The Balaban J connectivity index is 1.32. The SMILES string of the molecule is COc1ccc(CNc2nccc3c(NCC45CCOC(CO)(C4)C5)cccc23)c(OC)c1. The maximum absolute atomic E-state index is 9.68. The molecule has 0 atom stereocenters. The molecule has 3 fully saturated rings. The number of hydrogen-bond acceptors (Lipinski definition) is 7. The van der Waals surface area contributed by atoms with Crippen molar-refractivity contribution in [3.63, 3.8) is 0 Å². The number of nitrogens with one attached hydrogen (secondary N) is 2. The van der Waals surface area contributed by atoms with Gasteiger partial charge in [0.1, 0.15) is 17.3 Å². The van der Waals surface area contributed by atoms with E-state index in [1.54, 1.807) is 14.2 Å². The Hall–Kier alpha value is -3.03. The molecule has 7 nitrogen and oxygen atoms in total. The summed E-state index contributed by atoms with van der Waals surface area (Å²) in [5, 5.41) is 19.0. The Bertz CT molecular complexity index is 1140. The summed E-state index contributed by atoms with van der Waals surface area (Å²) in [4.78, 5) is 4.60. The molecule has 3 aliphatic rings. The van der Waals surface area contributed by atoms with Gasteiger partial charge in [-0.05, 0) is 48.9 Å². The van der Waals surface area contributed by atoms with Gasteiger partial charge in [-0.25, -0.2) is 4.98 Å². The van der Waals surface area contributed by atoms with Crippen LogP contribution in [0.5, 0.6) is 11.5 Å². The number of ether oxygens (including phenoxy) is 3. The summed E-state index contributed by atoms with van der Waals surface area (Å²) in [6, 6.07) is 14.1. The largest absolute Gasteiger partial charge is 0.497 e. The molecule has 33 heavy (non-hydrogen) atoms. The zero-order valence-electron chi connectivity index (χ0n) is 19.2. The molecule has 3 N–H and O–H groups in total. The molecule has 0 radical (unpaired) electrons. The average Bonchev–Trinajstić information content (AvgIpc) is 2.85. The first-order valence-corrected chi connectivity index (χ1v) is 11.4. The summed E-state index contributed by atoms with van der Waals surface area (Å²) in [6.07, 6.45) is 4.72. The van der Waals surface area contributed by atoms with Gasteiger partial charge in [-0.15, -0.1) is 0 Å². The van der Waals surface area contributed by atoms with Crippen molar-refractivity contribution in [3.05, 3.63) is 54.2 Å². The van der Waals surface area contributed by atoms with Crippen LogP contribution in [0.1, 0.15) is 24.8 Å². The summed E-state index contributed by atoms with van der Waals surface area (Å²) in [7, 11) is 3.31. The van der Waals surface area contributed by atoms with Gasteiger partial charge in [0.15, 0.2) is 0 Å². The normalized spacial score (nSPS) is 23.6. The third-order valence-corrected chi connectivity index (χ3v) is 7.12. The lowest BCUT2D eigenvalue weighted by molar-refractivity contribution is -0.235. The molecule has 0 unspecified atom stereocenters. The van der Waals surface area contributed by atoms with Crippen molar-refractivity contribution >= 4 is 22.3 Å². The highest BCUT2D eigenvalue weighted by Crippen LogP contribution is 2.56. The number of nitrogens with zero attached hydrogens (tertiary/aromatic N) is 1. The summed E-state index contributed by atoms with van der Waals surface area (Å²) >= 11 is 0. The van der Waals surface area contributed by atoms with E-state index in [0.717, 1.165) is 71.8 Å². The number of rotatable bonds is 9. The van der Waals surface area contributed by atoms with E-state index in [-0.39, 0.29) is 17.6 Å². The molecule has 1 aliphatic carbocycles. The minimum absolute atomic E-state index is 0.114. The van der Waals surface area contributed by atoms with Crippen molar-refractivity contribution in [1.82, 2.24) is 4.98 Å². The molecule has 2 aliphatic heterocycles. The second-order valence-electron chi connectivity index (χ2n) is 9.24. The van der Waals surface area contributed by atoms with Crippen molar-refractivity contribution < 1.29 is 19.3 Å². The molecule has 6 rings (SSSR count). The number of hydrogen-bond donors (Lipinski definition) is 3. The van der Waals surface area contributed by atoms with Crippen LogP contribution in [0.3, 0.4) is 0 Å². The van der Waals surface area contributed by atoms with Crippen LogP contribution in [0.2, 0.25) is 0 Å². The van der Waals surface area contributed by atoms with Crippen LogP contribution >= 0.6 is 0 Å². The Kier molecular flexibility index (Phi) is 5.76. The van der Waals surface area contributed by atoms with Gasteiger partial charge in [-0.3, -0.25) is 0 Å². The zero-order chi connectivity index (χ0) is 22.9. The van der Waals surface area contributed by atoms with Crippen LogP contribution in [0.25, 0.3) is 10.8 Å². The van der Waals surface area contributed by atoms with Gasteiger partial charge in [0.25, 0.3) is 0 Å². The number of aliphatic hydroxyl groups excluding tert-OH is 1. The summed E-state index contributed by atoms with van der Waals surface area (Å²) in [6.45, 7) is 2.31. The third-order valence-electron chi connectivity index (χ3n) is 7.12. The predicted octanol–water partition coefficient (Wildman–Crippen LogP) is 4.21. The molecule has 0 spiro atoms. The highest BCUT2D eigenvalue weighted by Gasteiger charge is 2.58. The summed E-state index contributed by atoms with van der Waals surface area (Å²) in [5.74, 6) is 2.38.